The molecule has 0 spiro atoms. The van der Waals surface area contributed by atoms with Gasteiger partial charge in [0.1, 0.15) is 0 Å². The number of benzene rings is 1. The molecule has 7 nitrogen and oxygen atoms in total. The van der Waals surface area contributed by atoms with Crippen LogP contribution in [-0.4, -0.2) is 28.3 Å². The van der Waals surface area contributed by atoms with Crippen molar-refractivity contribution < 1.29 is 14.4 Å². The first-order valence-corrected chi connectivity index (χ1v) is 10.0. The number of aromatic carboxylic acids is 1. The van der Waals surface area contributed by atoms with E-state index in [0.717, 1.165) is 37.1 Å². The number of carboxylic acids is 1. The summed E-state index contributed by atoms with van der Waals surface area (Å²) in [6.07, 6.45) is 3.07. The summed E-state index contributed by atoms with van der Waals surface area (Å²) in [7, 11) is 0. The predicted molar refractivity (Wildman–Crippen MR) is 111 cm³/mol. The van der Waals surface area contributed by atoms with Crippen molar-refractivity contribution in [2.24, 2.45) is 15.6 Å². The summed E-state index contributed by atoms with van der Waals surface area (Å²) >= 11 is 0. The monoisotopic (exact) mass is 396 g/mol. The first kappa shape index (κ1) is 19.6. The van der Waals surface area contributed by atoms with Gasteiger partial charge in [-0.1, -0.05) is 19.0 Å². The van der Waals surface area contributed by atoms with Crippen molar-refractivity contribution in [3.8, 4) is 0 Å². The van der Waals surface area contributed by atoms with Crippen molar-refractivity contribution in [3.05, 3.63) is 34.1 Å². The van der Waals surface area contributed by atoms with Crippen LogP contribution < -0.4 is 4.90 Å². The molecule has 2 aliphatic heterocycles. The molecule has 1 aromatic heterocycles. The molecule has 1 N–H and O–H groups in total. The number of aromatic nitrogens is 1. The zero-order valence-corrected chi connectivity index (χ0v) is 18.0. The molecule has 0 radical (unpaired) electrons. The minimum atomic E-state index is -1.12. The maximum atomic E-state index is 11.4. The fourth-order valence-electron chi connectivity index (χ4n) is 4.69. The third-order valence-corrected chi connectivity index (χ3v) is 6.29. The second-order valence-electron chi connectivity index (χ2n) is 9.69. The summed E-state index contributed by atoms with van der Waals surface area (Å²) in [6, 6.07) is 2.11. The summed E-state index contributed by atoms with van der Waals surface area (Å²) in [5.41, 5.74) is 6.11. The van der Waals surface area contributed by atoms with Gasteiger partial charge in [-0.3, -0.25) is 0 Å². The van der Waals surface area contributed by atoms with Crippen molar-refractivity contribution in [1.29, 1.82) is 0 Å². The van der Waals surface area contributed by atoms with Crippen LogP contribution in [0.4, 0.5) is 17.2 Å². The quantitative estimate of drug-likeness (QED) is 0.690. The molecule has 2 aromatic rings. The van der Waals surface area contributed by atoms with E-state index in [1.54, 1.807) is 6.92 Å². The smallest absolute Gasteiger partial charge is 0.343 e. The van der Waals surface area contributed by atoms with Crippen LogP contribution in [0.1, 0.15) is 66.9 Å². The molecule has 154 valence electrons. The molecule has 29 heavy (non-hydrogen) atoms. The standard InChI is InChI=1S/C22H28N4O3/c1-12-15-7-8-22(5,6)26-11-21(3,4)10-14(18(15)26)9-16(12)23-24-19-17(20(27)28)13(2)29-25-19/h9H,7-8,10-11H2,1-6H3,(H,27,28). The number of rotatable bonds is 3. The minimum Gasteiger partial charge on any atom is -0.477 e. The van der Waals surface area contributed by atoms with Gasteiger partial charge in [-0.15, -0.1) is 10.2 Å². The van der Waals surface area contributed by atoms with Crippen LogP contribution in [0.2, 0.25) is 0 Å². The van der Waals surface area contributed by atoms with Gasteiger partial charge in [0, 0.05) is 17.8 Å². The van der Waals surface area contributed by atoms with Crippen molar-refractivity contribution in [2.75, 3.05) is 11.4 Å². The third-order valence-electron chi connectivity index (χ3n) is 6.29. The molecule has 0 aliphatic carbocycles. The molecule has 0 bridgehead atoms. The Morgan fingerprint density at radius 2 is 1.97 bits per heavy atom. The normalized spacial score (nSPS) is 19.4. The number of nitrogens with zero attached hydrogens (tertiary/aromatic N) is 4. The Morgan fingerprint density at radius 1 is 1.24 bits per heavy atom. The molecule has 4 rings (SSSR count). The Balaban J connectivity index is 1.82. The van der Waals surface area contributed by atoms with E-state index in [0.29, 0.717) is 0 Å². The lowest BCUT2D eigenvalue weighted by atomic mass is 9.73. The van der Waals surface area contributed by atoms with Crippen molar-refractivity contribution >= 4 is 23.2 Å². The average molecular weight is 396 g/mol. The van der Waals surface area contributed by atoms with Crippen LogP contribution in [0.3, 0.4) is 0 Å². The first-order chi connectivity index (χ1) is 13.5. The van der Waals surface area contributed by atoms with E-state index in [2.05, 4.69) is 61.0 Å². The van der Waals surface area contributed by atoms with Gasteiger partial charge in [0.2, 0.25) is 5.82 Å². The van der Waals surface area contributed by atoms with E-state index in [1.165, 1.54) is 16.8 Å². The summed E-state index contributed by atoms with van der Waals surface area (Å²) in [6.45, 7) is 13.9. The topological polar surface area (TPSA) is 91.3 Å². The minimum absolute atomic E-state index is 0.00357. The van der Waals surface area contributed by atoms with Gasteiger partial charge in [-0.2, -0.15) is 0 Å². The van der Waals surface area contributed by atoms with E-state index in [4.69, 9.17) is 4.52 Å². The summed E-state index contributed by atoms with van der Waals surface area (Å²) in [5, 5.41) is 21.7. The Labute approximate surface area is 170 Å². The number of hydrogen-bond acceptors (Lipinski definition) is 6. The fourth-order valence-corrected chi connectivity index (χ4v) is 4.69. The molecular formula is C22H28N4O3. The Kier molecular flexibility index (Phi) is 4.33. The van der Waals surface area contributed by atoms with Crippen LogP contribution in [0.25, 0.3) is 0 Å². The SMILES string of the molecule is Cc1onc(N=Nc2cc3c4c(c2C)CCC(C)(C)N4CC(C)(C)C3)c1C(=O)O. The molecule has 0 atom stereocenters. The lowest BCUT2D eigenvalue weighted by Gasteiger charge is -2.53. The zero-order chi connectivity index (χ0) is 21.1. The highest BCUT2D eigenvalue weighted by Crippen LogP contribution is 2.49. The number of carbonyl (C=O) groups is 1. The fraction of sp³-hybridized carbons (Fsp3) is 0.545. The van der Waals surface area contributed by atoms with E-state index < -0.39 is 5.97 Å². The molecule has 0 saturated heterocycles. The third kappa shape index (κ3) is 3.22. The number of hydrogen-bond donors (Lipinski definition) is 1. The molecule has 7 heteroatoms. The number of aryl methyl sites for hydroxylation is 1. The number of carboxylic acid groups (broad SMARTS) is 1. The summed E-state index contributed by atoms with van der Waals surface area (Å²) in [4.78, 5) is 14.0. The maximum absolute atomic E-state index is 11.4. The maximum Gasteiger partial charge on any atom is 0.343 e. The van der Waals surface area contributed by atoms with Crippen LogP contribution >= 0.6 is 0 Å². The largest absolute Gasteiger partial charge is 0.477 e. The first-order valence-electron chi connectivity index (χ1n) is 10.0. The van der Waals surface area contributed by atoms with Gasteiger partial charge < -0.3 is 14.5 Å². The Morgan fingerprint density at radius 3 is 2.66 bits per heavy atom. The van der Waals surface area contributed by atoms with Crippen LogP contribution in [-0.2, 0) is 12.8 Å². The van der Waals surface area contributed by atoms with Crippen LogP contribution in [0.5, 0.6) is 0 Å². The predicted octanol–water partition coefficient (Wildman–Crippen LogP) is 5.52. The van der Waals surface area contributed by atoms with Gasteiger partial charge >= 0.3 is 5.97 Å². The molecule has 0 unspecified atom stereocenters. The molecule has 0 fully saturated rings. The number of anilines is 1. The van der Waals surface area contributed by atoms with Crippen molar-refractivity contribution in [1.82, 2.24) is 5.16 Å². The molecule has 1 aromatic carbocycles. The van der Waals surface area contributed by atoms with Crippen LogP contribution in [0.15, 0.2) is 20.8 Å². The van der Waals surface area contributed by atoms with Crippen molar-refractivity contribution in [3.63, 3.8) is 0 Å². The molecule has 0 saturated carbocycles. The zero-order valence-electron chi connectivity index (χ0n) is 18.0. The van der Waals surface area contributed by atoms with E-state index >= 15 is 0 Å². The molecular weight excluding hydrogens is 368 g/mol. The lowest BCUT2D eigenvalue weighted by Crippen LogP contribution is -2.54. The lowest BCUT2D eigenvalue weighted by molar-refractivity contribution is 0.0695. The molecule has 0 amide bonds. The summed E-state index contributed by atoms with van der Waals surface area (Å²) < 4.78 is 4.99. The van der Waals surface area contributed by atoms with E-state index in [9.17, 15) is 9.90 Å². The second kappa shape index (κ2) is 6.40. The highest BCUT2D eigenvalue weighted by molar-refractivity contribution is 5.93. The molecule has 2 aliphatic rings. The Hall–Kier alpha value is -2.70. The second-order valence-corrected chi connectivity index (χ2v) is 9.69. The number of azo groups is 1. The highest BCUT2D eigenvalue weighted by Gasteiger charge is 2.42. The highest BCUT2D eigenvalue weighted by atomic mass is 16.5. The van der Waals surface area contributed by atoms with E-state index in [-0.39, 0.29) is 28.1 Å². The van der Waals surface area contributed by atoms with Gasteiger partial charge in [-0.25, -0.2) is 4.79 Å². The summed E-state index contributed by atoms with van der Waals surface area (Å²) in [5.74, 6) is -0.887. The van der Waals surface area contributed by atoms with Gasteiger partial charge in [-0.05, 0) is 75.1 Å². The van der Waals surface area contributed by atoms with Gasteiger partial charge in [0.05, 0.1) is 5.69 Å². The Bertz CT molecular complexity index is 1030. The van der Waals surface area contributed by atoms with Crippen molar-refractivity contribution in [2.45, 2.75) is 66.3 Å². The van der Waals surface area contributed by atoms with E-state index in [1.807, 2.05) is 0 Å². The molecule has 3 heterocycles. The van der Waals surface area contributed by atoms with Gasteiger partial charge in [0.25, 0.3) is 0 Å². The average Bonchev–Trinajstić information content (AvgIpc) is 2.98. The van der Waals surface area contributed by atoms with Crippen LogP contribution in [0, 0.1) is 19.3 Å². The van der Waals surface area contributed by atoms with Gasteiger partial charge in [0.15, 0.2) is 11.3 Å².